The Kier molecular flexibility index (Phi) is 5.98. The smallest absolute Gasteiger partial charge is 0.186 e. The minimum Gasteiger partial charge on any atom is -0.302 e. The van der Waals surface area contributed by atoms with Gasteiger partial charge in [-0.2, -0.15) is 0 Å². The molecule has 1 unspecified atom stereocenters. The first-order valence-electron chi connectivity index (χ1n) is 2.87. The molecule has 2 nitrogen and oxygen atoms in total. The fourth-order valence-electron chi connectivity index (χ4n) is 0.655. The Labute approximate surface area is 109 Å². The third-order valence-corrected chi connectivity index (χ3v) is 1.90. The minimum absolute atomic E-state index is 0. The Balaban J connectivity index is 0.000001000. The fourth-order valence-corrected chi connectivity index (χ4v) is 1.02. The molecule has 0 aliphatic carbocycles. The van der Waals surface area contributed by atoms with E-state index in [0.29, 0.717) is 4.90 Å². The zero-order chi connectivity index (χ0) is 7.56. The molecule has 1 rings (SSSR count). The predicted octanol–water partition coefficient (Wildman–Crippen LogP) is 1.19. The van der Waals surface area contributed by atoms with Crippen molar-refractivity contribution in [1.82, 2.24) is 0 Å². The molecule has 0 heterocycles. The molecule has 1 atom stereocenters. The number of benzene rings is 1. The van der Waals surface area contributed by atoms with Crippen molar-refractivity contribution in [2.24, 2.45) is 0 Å². The number of hydrogen-bond acceptors (Lipinski definition) is 1. The van der Waals surface area contributed by atoms with E-state index in [-0.39, 0.29) is 48.9 Å². The van der Waals surface area contributed by atoms with Crippen LogP contribution < -0.4 is 0 Å². The van der Waals surface area contributed by atoms with Crippen LogP contribution in [-0.4, -0.2) is 57.6 Å². The van der Waals surface area contributed by atoms with Gasteiger partial charge < -0.3 is 4.55 Å². The summed E-state index contributed by atoms with van der Waals surface area (Å²) in [6, 6.07) is 6.91. The minimum atomic E-state index is -1.84. The van der Waals surface area contributed by atoms with Crippen LogP contribution in [0.1, 0.15) is 5.56 Å². The molecule has 0 spiro atoms. The van der Waals surface area contributed by atoms with Gasteiger partial charge >= 0.3 is 0 Å². The van der Waals surface area contributed by atoms with Gasteiger partial charge in [-0.25, -0.2) is 4.21 Å². The van der Waals surface area contributed by atoms with Crippen molar-refractivity contribution < 1.29 is 8.76 Å². The number of aryl methyl sites for hydroxylation is 1. The second kappa shape index (κ2) is 5.53. The van der Waals surface area contributed by atoms with Crippen LogP contribution in [0.4, 0.5) is 0 Å². The molecule has 1 aromatic rings. The van der Waals surface area contributed by atoms with Gasteiger partial charge in [-0.1, -0.05) is 17.7 Å². The second-order valence-corrected chi connectivity index (χ2v) is 3.03. The molecule has 0 saturated carbocycles. The molecule has 0 aromatic heterocycles. The van der Waals surface area contributed by atoms with E-state index in [1.807, 2.05) is 19.1 Å². The Hall–Kier alpha value is 0.901. The third kappa shape index (κ3) is 3.89. The Morgan fingerprint density at radius 1 is 1.27 bits per heavy atom. The van der Waals surface area contributed by atoms with Crippen LogP contribution in [-0.2, 0) is 11.1 Å². The van der Waals surface area contributed by atoms with Crippen LogP contribution >= 0.6 is 0 Å². The van der Waals surface area contributed by atoms with Crippen LogP contribution in [0.3, 0.4) is 0 Å². The maximum atomic E-state index is 10.4. The van der Waals surface area contributed by atoms with Gasteiger partial charge in [0.15, 0.2) is 11.1 Å². The van der Waals surface area contributed by atoms with Crippen LogP contribution in [0.5, 0.6) is 0 Å². The van der Waals surface area contributed by atoms with Crippen molar-refractivity contribution in [2.45, 2.75) is 11.8 Å². The summed E-state index contributed by atoms with van der Waals surface area (Å²) >= 11 is -1.84. The first-order chi connectivity index (χ1) is 4.70. The molecule has 0 fully saturated rings. The van der Waals surface area contributed by atoms with Crippen LogP contribution in [0.25, 0.3) is 0 Å². The van der Waals surface area contributed by atoms with Crippen molar-refractivity contribution in [3.05, 3.63) is 29.8 Å². The van der Waals surface area contributed by atoms with Gasteiger partial charge in [-0.15, -0.1) is 0 Å². The topological polar surface area (TPSA) is 37.3 Å². The van der Waals surface area contributed by atoms with Gasteiger partial charge in [0.2, 0.25) is 0 Å². The maximum absolute atomic E-state index is 10.4. The van der Waals surface area contributed by atoms with E-state index < -0.39 is 11.1 Å². The molecule has 11 heavy (non-hydrogen) atoms. The normalized spacial score (nSPS) is 11.8. The summed E-state index contributed by atoms with van der Waals surface area (Å²) in [7, 11) is 0. The Bertz CT molecular complexity index is 245. The fraction of sp³-hybridized carbons (Fsp3) is 0.143. The van der Waals surface area contributed by atoms with E-state index in [1.165, 1.54) is 0 Å². The quantitative estimate of drug-likeness (QED) is 0.624. The van der Waals surface area contributed by atoms with Gasteiger partial charge in [-0.05, 0) is 19.1 Å². The Morgan fingerprint density at radius 3 is 2.09 bits per heavy atom. The van der Waals surface area contributed by atoms with Crippen molar-refractivity contribution >= 4 is 60.0 Å². The molecule has 1 N–H and O–H groups in total. The van der Waals surface area contributed by atoms with E-state index in [0.717, 1.165) is 5.56 Å². The Morgan fingerprint density at radius 2 is 1.73 bits per heavy atom. The first kappa shape index (κ1) is 11.9. The first-order valence-corrected chi connectivity index (χ1v) is 3.98. The van der Waals surface area contributed by atoms with Crippen LogP contribution in [0, 0.1) is 6.92 Å². The molecule has 4 heteroatoms. The van der Waals surface area contributed by atoms with Gasteiger partial charge in [0, 0.05) is 48.9 Å². The summed E-state index contributed by atoms with van der Waals surface area (Å²) in [6.45, 7) is 1.93. The molecule has 0 aliphatic rings. The number of hydrogen-bond donors (Lipinski definition) is 1. The molecular weight excluding hydrogens is 285 g/mol. The zero-order valence-electron chi connectivity index (χ0n) is 6.28. The summed E-state index contributed by atoms with van der Waals surface area (Å²) in [6.07, 6.45) is 0. The average molecular weight is 294 g/mol. The van der Waals surface area contributed by atoms with Crippen LogP contribution in [0.2, 0.25) is 0 Å². The monoisotopic (exact) mass is 294 g/mol. The van der Waals surface area contributed by atoms with Crippen molar-refractivity contribution in [1.29, 1.82) is 0 Å². The van der Waals surface area contributed by atoms with E-state index in [1.54, 1.807) is 12.1 Å². The molecule has 1 aromatic carbocycles. The molecular formula is C7H8BaO2S. The molecule has 0 bridgehead atoms. The molecule has 2 radical (unpaired) electrons. The molecule has 0 amide bonds. The molecule has 0 aliphatic heterocycles. The summed E-state index contributed by atoms with van der Waals surface area (Å²) in [5.74, 6) is 0. The predicted molar refractivity (Wildman–Crippen MR) is 46.0 cm³/mol. The van der Waals surface area contributed by atoms with Crippen molar-refractivity contribution in [2.75, 3.05) is 0 Å². The SMILES string of the molecule is Cc1ccc(S(=O)O)cc1.[Ba]. The standard InChI is InChI=1S/C7H8O2S.Ba/c1-6-2-4-7(5-3-6)10(8)9;/h2-5H,1H3,(H,8,9);. The van der Waals surface area contributed by atoms with Gasteiger partial charge in [0.1, 0.15) is 0 Å². The summed E-state index contributed by atoms with van der Waals surface area (Å²) in [5.41, 5.74) is 1.09. The molecule has 56 valence electrons. The second-order valence-electron chi connectivity index (χ2n) is 2.06. The van der Waals surface area contributed by atoms with E-state index in [2.05, 4.69) is 0 Å². The van der Waals surface area contributed by atoms with Gasteiger partial charge in [-0.3, -0.25) is 0 Å². The van der Waals surface area contributed by atoms with Crippen molar-refractivity contribution in [3.8, 4) is 0 Å². The van der Waals surface area contributed by atoms with E-state index >= 15 is 0 Å². The summed E-state index contributed by atoms with van der Waals surface area (Å²) in [5, 5.41) is 0. The number of rotatable bonds is 1. The largest absolute Gasteiger partial charge is 0.302 e. The van der Waals surface area contributed by atoms with Gasteiger partial charge in [0.25, 0.3) is 0 Å². The summed E-state index contributed by atoms with van der Waals surface area (Å²) in [4.78, 5) is 0.450. The summed E-state index contributed by atoms with van der Waals surface area (Å²) < 4.78 is 19.0. The maximum Gasteiger partial charge on any atom is 0.186 e. The van der Waals surface area contributed by atoms with Crippen LogP contribution in [0.15, 0.2) is 29.2 Å². The molecule has 0 saturated heterocycles. The average Bonchev–Trinajstić information content (AvgIpc) is 1.88. The third-order valence-electron chi connectivity index (χ3n) is 1.22. The van der Waals surface area contributed by atoms with Gasteiger partial charge in [0.05, 0.1) is 4.90 Å². The zero-order valence-corrected chi connectivity index (χ0v) is 11.5. The van der Waals surface area contributed by atoms with Crippen molar-refractivity contribution in [3.63, 3.8) is 0 Å². The van der Waals surface area contributed by atoms with E-state index in [9.17, 15) is 4.21 Å². The van der Waals surface area contributed by atoms with E-state index in [4.69, 9.17) is 4.55 Å².